The molecule has 23 heavy (non-hydrogen) atoms. The lowest BCUT2D eigenvalue weighted by atomic mass is 10.3. The lowest BCUT2D eigenvalue weighted by molar-refractivity contribution is -0.0901. The molecule has 0 aromatic heterocycles. The zero-order valence-corrected chi connectivity index (χ0v) is 13.1. The summed E-state index contributed by atoms with van der Waals surface area (Å²) in [6, 6.07) is 12.5. The average molecular weight is 359 g/mol. The molecule has 0 aliphatic carbocycles. The summed E-state index contributed by atoms with van der Waals surface area (Å²) in [6.45, 7) is 0. The molecule has 2 aromatic rings. The third kappa shape index (κ3) is 5.62. The SMILES string of the molecule is FC(F)(F)/C(=C/C=Nc1cccc(Cl)c1)Nc1cccc(Cl)c1. The van der Waals surface area contributed by atoms with E-state index < -0.39 is 11.9 Å². The van der Waals surface area contributed by atoms with E-state index in [9.17, 15) is 13.2 Å². The van der Waals surface area contributed by atoms with Crippen LogP contribution in [0.1, 0.15) is 0 Å². The molecule has 7 heteroatoms. The maximum absolute atomic E-state index is 13.0. The molecule has 0 heterocycles. The van der Waals surface area contributed by atoms with Crippen molar-refractivity contribution >= 4 is 40.8 Å². The highest BCUT2D eigenvalue weighted by atomic mass is 35.5. The Morgan fingerprint density at radius 3 is 2.26 bits per heavy atom. The molecule has 0 unspecified atom stereocenters. The molecular weight excluding hydrogens is 348 g/mol. The van der Waals surface area contributed by atoms with Crippen LogP contribution < -0.4 is 5.32 Å². The Hall–Kier alpha value is -1.98. The van der Waals surface area contributed by atoms with Crippen LogP contribution in [0.15, 0.2) is 65.3 Å². The fourth-order valence-electron chi connectivity index (χ4n) is 1.68. The molecule has 0 amide bonds. The van der Waals surface area contributed by atoms with Gasteiger partial charge in [-0.1, -0.05) is 35.3 Å². The third-order valence-corrected chi connectivity index (χ3v) is 3.15. The van der Waals surface area contributed by atoms with Crippen LogP contribution in [-0.2, 0) is 0 Å². The molecule has 2 aromatic carbocycles. The largest absolute Gasteiger partial charge is 0.431 e. The van der Waals surface area contributed by atoms with Gasteiger partial charge in [0.05, 0.1) is 5.69 Å². The van der Waals surface area contributed by atoms with Crippen molar-refractivity contribution in [3.63, 3.8) is 0 Å². The lowest BCUT2D eigenvalue weighted by Gasteiger charge is -2.13. The van der Waals surface area contributed by atoms with E-state index in [1.165, 1.54) is 12.1 Å². The predicted octanol–water partition coefficient (Wildman–Crippen LogP) is 6.25. The third-order valence-electron chi connectivity index (χ3n) is 2.68. The summed E-state index contributed by atoms with van der Waals surface area (Å²) in [5.41, 5.74) is -0.263. The van der Waals surface area contributed by atoms with Gasteiger partial charge in [-0.2, -0.15) is 13.2 Å². The number of hydrogen-bond donors (Lipinski definition) is 1. The minimum atomic E-state index is -4.55. The highest BCUT2D eigenvalue weighted by Gasteiger charge is 2.33. The Labute approximate surface area is 141 Å². The second-order valence-electron chi connectivity index (χ2n) is 4.47. The summed E-state index contributed by atoms with van der Waals surface area (Å²) in [5.74, 6) is 0. The van der Waals surface area contributed by atoms with Crippen molar-refractivity contribution in [1.29, 1.82) is 0 Å². The average Bonchev–Trinajstić information content (AvgIpc) is 2.45. The zero-order valence-electron chi connectivity index (χ0n) is 11.6. The van der Waals surface area contributed by atoms with Gasteiger partial charge in [0.15, 0.2) is 0 Å². The van der Waals surface area contributed by atoms with Gasteiger partial charge in [0.2, 0.25) is 0 Å². The van der Waals surface area contributed by atoms with Crippen molar-refractivity contribution in [3.8, 4) is 0 Å². The standard InChI is InChI=1S/C16H11Cl2F3N2/c17-11-3-1-5-13(9-11)22-8-7-15(16(19,20)21)23-14-6-2-4-12(18)10-14/h1-10,23H/b15-7-,22-8?. The fraction of sp³-hybridized carbons (Fsp3) is 0.0625. The van der Waals surface area contributed by atoms with E-state index in [1.807, 2.05) is 0 Å². The van der Waals surface area contributed by atoms with E-state index >= 15 is 0 Å². The van der Waals surface area contributed by atoms with Crippen LogP contribution in [-0.4, -0.2) is 12.4 Å². The molecule has 0 aliphatic rings. The first-order valence-corrected chi connectivity index (χ1v) is 7.20. The summed E-state index contributed by atoms with van der Waals surface area (Å²) in [4.78, 5) is 3.93. The molecule has 120 valence electrons. The molecular formula is C16H11Cl2F3N2. The summed E-state index contributed by atoms with van der Waals surface area (Å²) in [6.07, 6.45) is -2.64. The Bertz CT molecular complexity index is 740. The number of benzene rings is 2. The van der Waals surface area contributed by atoms with Crippen LogP contribution in [0, 0.1) is 0 Å². The molecule has 0 radical (unpaired) electrons. The number of hydrogen-bond acceptors (Lipinski definition) is 2. The van der Waals surface area contributed by atoms with Gasteiger partial charge in [-0.15, -0.1) is 0 Å². The van der Waals surface area contributed by atoms with Gasteiger partial charge >= 0.3 is 6.18 Å². The second kappa shape index (κ2) is 7.53. The highest BCUT2D eigenvalue weighted by molar-refractivity contribution is 6.31. The minimum Gasteiger partial charge on any atom is -0.351 e. The summed E-state index contributed by atoms with van der Waals surface area (Å²) < 4.78 is 39.1. The second-order valence-corrected chi connectivity index (χ2v) is 5.34. The van der Waals surface area contributed by atoms with Crippen LogP contribution in [0.3, 0.4) is 0 Å². The number of aliphatic imine (C=N–C) groups is 1. The Balaban J connectivity index is 2.21. The van der Waals surface area contributed by atoms with Crippen molar-refractivity contribution in [2.75, 3.05) is 5.32 Å². The molecule has 0 saturated heterocycles. The number of rotatable bonds is 4. The molecule has 0 spiro atoms. The molecule has 1 N–H and O–H groups in total. The van der Waals surface area contributed by atoms with Gasteiger partial charge < -0.3 is 5.32 Å². The molecule has 0 saturated carbocycles. The van der Waals surface area contributed by atoms with E-state index in [4.69, 9.17) is 23.2 Å². The predicted molar refractivity (Wildman–Crippen MR) is 88.8 cm³/mol. The first-order valence-electron chi connectivity index (χ1n) is 6.44. The molecule has 0 bridgehead atoms. The van der Waals surface area contributed by atoms with Crippen LogP contribution in [0.4, 0.5) is 24.5 Å². The smallest absolute Gasteiger partial charge is 0.351 e. The Morgan fingerprint density at radius 1 is 1.00 bits per heavy atom. The lowest BCUT2D eigenvalue weighted by Crippen LogP contribution is -2.19. The van der Waals surface area contributed by atoms with Gasteiger partial charge in [-0.3, -0.25) is 4.99 Å². The maximum atomic E-state index is 13.0. The summed E-state index contributed by atoms with van der Waals surface area (Å²) in [5, 5.41) is 3.08. The molecule has 0 atom stereocenters. The monoisotopic (exact) mass is 358 g/mol. The molecule has 0 fully saturated rings. The van der Waals surface area contributed by atoms with Gasteiger partial charge in [0, 0.05) is 21.9 Å². The van der Waals surface area contributed by atoms with Gasteiger partial charge in [-0.25, -0.2) is 0 Å². The van der Waals surface area contributed by atoms with E-state index in [0.29, 0.717) is 15.7 Å². The van der Waals surface area contributed by atoms with Crippen LogP contribution in [0.25, 0.3) is 0 Å². The van der Waals surface area contributed by atoms with Crippen LogP contribution >= 0.6 is 23.2 Å². The topological polar surface area (TPSA) is 24.4 Å². The van der Waals surface area contributed by atoms with Crippen molar-refractivity contribution in [3.05, 3.63) is 70.3 Å². The number of alkyl halides is 3. The van der Waals surface area contributed by atoms with E-state index in [0.717, 1.165) is 12.3 Å². The maximum Gasteiger partial charge on any atom is 0.431 e. The summed E-state index contributed by atoms with van der Waals surface area (Å²) >= 11 is 11.5. The van der Waals surface area contributed by atoms with E-state index in [2.05, 4.69) is 10.3 Å². The zero-order chi connectivity index (χ0) is 16.9. The molecule has 2 nitrogen and oxygen atoms in total. The minimum absolute atomic E-state index is 0.234. The highest BCUT2D eigenvalue weighted by Crippen LogP contribution is 2.27. The number of allylic oxidation sites excluding steroid dienone is 2. The van der Waals surface area contributed by atoms with Gasteiger partial charge in [-0.05, 0) is 42.5 Å². The number of nitrogens with zero attached hydrogens (tertiary/aromatic N) is 1. The van der Waals surface area contributed by atoms with Gasteiger partial charge in [0.1, 0.15) is 5.70 Å². The quantitative estimate of drug-likeness (QED) is 0.641. The van der Waals surface area contributed by atoms with Crippen LogP contribution in [0.5, 0.6) is 0 Å². The molecule has 0 aliphatic heterocycles. The normalized spacial score (nSPS) is 12.7. The molecule has 2 rings (SSSR count). The van der Waals surface area contributed by atoms with Crippen LogP contribution in [0.2, 0.25) is 10.0 Å². The first kappa shape index (κ1) is 17.4. The van der Waals surface area contributed by atoms with E-state index in [-0.39, 0.29) is 5.69 Å². The Kier molecular flexibility index (Phi) is 5.69. The van der Waals surface area contributed by atoms with Crippen molar-refractivity contribution in [1.82, 2.24) is 0 Å². The number of anilines is 1. The van der Waals surface area contributed by atoms with Gasteiger partial charge in [0.25, 0.3) is 0 Å². The number of halogens is 5. The van der Waals surface area contributed by atoms with Crippen molar-refractivity contribution in [2.24, 2.45) is 4.99 Å². The van der Waals surface area contributed by atoms with Crippen molar-refractivity contribution in [2.45, 2.75) is 6.18 Å². The van der Waals surface area contributed by atoms with E-state index in [1.54, 1.807) is 36.4 Å². The summed E-state index contributed by atoms with van der Waals surface area (Å²) in [7, 11) is 0. The number of nitrogens with one attached hydrogen (secondary N) is 1. The first-order chi connectivity index (χ1) is 10.8. The Morgan fingerprint density at radius 2 is 1.65 bits per heavy atom. The fourth-order valence-corrected chi connectivity index (χ4v) is 2.06. The van der Waals surface area contributed by atoms with Crippen molar-refractivity contribution < 1.29 is 13.2 Å².